The van der Waals surface area contributed by atoms with E-state index in [1.54, 1.807) is 17.5 Å². The van der Waals surface area contributed by atoms with Crippen LogP contribution in [0, 0.1) is 6.92 Å². The third-order valence-corrected chi connectivity index (χ3v) is 3.13. The molecule has 0 bridgehead atoms. The van der Waals surface area contributed by atoms with Gasteiger partial charge in [0.15, 0.2) is 0 Å². The van der Waals surface area contributed by atoms with Crippen LogP contribution in [0.25, 0.3) is 10.4 Å². The van der Waals surface area contributed by atoms with Crippen molar-refractivity contribution in [3.05, 3.63) is 40.5 Å². The molecule has 0 saturated heterocycles. The van der Waals surface area contributed by atoms with E-state index in [1.807, 2.05) is 13.0 Å². The summed E-state index contributed by atoms with van der Waals surface area (Å²) in [6.45, 7) is 1.96. The van der Waals surface area contributed by atoms with Crippen LogP contribution in [0.3, 0.4) is 0 Å². The summed E-state index contributed by atoms with van der Waals surface area (Å²) in [6.07, 6.45) is 1.81. The summed E-state index contributed by atoms with van der Waals surface area (Å²) in [5.41, 5.74) is 2.16. The Labute approximate surface area is 86.0 Å². The maximum Gasteiger partial charge on any atom is 0.131 e. The van der Waals surface area contributed by atoms with Crippen LogP contribution in [0.4, 0.5) is 0 Å². The van der Waals surface area contributed by atoms with E-state index in [9.17, 15) is 0 Å². The second-order valence-electron chi connectivity index (χ2n) is 2.81. The lowest BCUT2D eigenvalue weighted by molar-refractivity contribution is 1.27. The number of nitrogens with zero attached hydrogens (tertiary/aromatic N) is 1. The molecule has 0 fully saturated rings. The minimum absolute atomic E-state index is 0.584. The monoisotopic (exact) mass is 209 g/mol. The van der Waals surface area contributed by atoms with Gasteiger partial charge in [-0.05, 0) is 30.0 Å². The molecule has 0 aromatic carbocycles. The van der Waals surface area contributed by atoms with E-state index in [1.165, 1.54) is 4.88 Å². The summed E-state index contributed by atoms with van der Waals surface area (Å²) >= 11 is 7.54. The maximum absolute atomic E-state index is 5.83. The first-order valence-electron chi connectivity index (χ1n) is 3.93. The highest BCUT2D eigenvalue weighted by atomic mass is 35.5. The first kappa shape index (κ1) is 8.73. The molecule has 0 amide bonds. The highest BCUT2D eigenvalue weighted by Gasteiger charge is 2.01. The van der Waals surface area contributed by atoms with Gasteiger partial charge in [0.1, 0.15) is 5.15 Å². The lowest BCUT2D eigenvalue weighted by atomic mass is 10.2. The summed E-state index contributed by atoms with van der Waals surface area (Å²) in [5.74, 6) is 0. The highest BCUT2D eigenvalue weighted by molar-refractivity contribution is 7.13. The molecule has 0 aliphatic rings. The smallest absolute Gasteiger partial charge is 0.131 e. The molecule has 0 radical (unpaired) electrons. The van der Waals surface area contributed by atoms with Crippen LogP contribution >= 0.6 is 22.9 Å². The lowest BCUT2D eigenvalue weighted by Crippen LogP contribution is -1.82. The summed E-state index contributed by atoms with van der Waals surface area (Å²) in [7, 11) is 0. The van der Waals surface area contributed by atoms with Gasteiger partial charge in [-0.15, -0.1) is 11.3 Å². The molecule has 2 aromatic rings. The molecule has 0 atom stereocenters. The van der Waals surface area contributed by atoms with Gasteiger partial charge in [0.05, 0.1) is 0 Å². The van der Waals surface area contributed by atoms with Crippen LogP contribution in [0.1, 0.15) is 5.56 Å². The predicted molar refractivity (Wildman–Crippen MR) is 57.3 cm³/mol. The van der Waals surface area contributed by atoms with Gasteiger partial charge in [-0.2, -0.15) is 0 Å². The molecule has 1 nitrogen and oxygen atoms in total. The number of aromatic nitrogens is 1. The molecule has 3 heteroatoms. The van der Waals surface area contributed by atoms with Gasteiger partial charge in [-0.3, -0.25) is 0 Å². The third kappa shape index (κ3) is 1.74. The van der Waals surface area contributed by atoms with Crippen molar-refractivity contribution in [1.29, 1.82) is 0 Å². The fraction of sp³-hybridized carbons (Fsp3) is 0.100. The SMILES string of the molecule is Cc1cc(-c2cccs2)cnc1Cl. The van der Waals surface area contributed by atoms with E-state index in [0.29, 0.717) is 5.15 Å². The molecular formula is C10H8ClNS. The second kappa shape index (κ2) is 3.48. The normalized spacial score (nSPS) is 10.3. The van der Waals surface area contributed by atoms with Crippen LogP contribution in [0.15, 0.2) is 29.8 Å². The maximum atomic E-state index is 5.83. The average molecular weight is 210 g/mol. The Hall–Kier alpha value is -0.860. The fourth-order valence-corrected chi connectivity index (χ4v) is 1.95. The van der Waals surface area contributed by atoms with E-state index in [2.05, 4.69) is 22.5 Å². The van der Waals surface area contributed by atoms with Crippen LogP contribution in [-0.2, 0) is 0 Å². The first-order valence-corrected chi connectivity index (χ1v) is 5.19. The summed E-state index contributed by atoms with van der Waals surface area (Å²) in [4.78, 5) is 5.34. The van der Waals surface area contributed by atoms with Gasteiger partial charge in [0.2, 0.25) is 0 Å². The van der Waals surface area contributed by atoms with Crippen molar-refractivity contribution in [2.45, 2.75) is 6.92 Å². The van der Waals surface area contributed by atoms with Crippen LogP contribution in [-0.4, -0.2) is 4.98 Å². The summed E-state index contributed by atoms with van der Waals surface area (Å²) in [5, 5.41) is 2.64. The number of thiophene rings is 1. The van der Waals surface area contributed by atoms with E-state index in [0.717, 1.165) is 11.1 Å². The Morgan fingerprint density at radius 1 is 1.46 bits per heavy atom. The molecule has 2 rings (SSSR count). The van der Waals surface area contributed by atoms with Gasteiger partial charge in [0.25, 0.3) is 0 Å². The standard InChI is InChI=1S/C10H8ClNS/c1-7-5-8(6-12-10(7)11)9-3-2-4-13-9/h2-6H,1H3. The quantitative estimate of drug-likeness (QED) is 0.652. The van der Waals surface area contributed by atoms with Crippen molar-refractivity contribution in [2.24, 2.45) is 0 Å². The van der Waals surface area contributed by atoms with Gasteiger partial charge in [-0.25, -0.2) is 4.98 Å². The van der Waals surface area contributed by atoms with Crippen molar-refractivity contribution in [3.8, 4) is 10.4 Å². The first-order chi connectivity index (χ1) is 6.27. The van der Waals surface area contributed by atoms with Crippen molar-refractivity contribution in [1.82, 2.24) is 4.98 Å². The summed E-state index contributed by atoms with van der Waals surface area (Å²) in [6, 6.07) is 6.17. The molecule has 0 saturated carbocycles. The Balaban J connectivity index is 2.49. The Morgan fingerprint density at radius 2 is 2.31 bits per heavy atom. The topological polar surface area (TPSA) is 12.9 Å². The Morgan fingerprint density at radius 3 is 2.92 bits per heavy atom. The lowest BCUT2D eigenvalue weighted by Gasteiger charge is -1.99. The van der Waals surface area contributed by atoms with Crippen molar-refractivity contribution in [2.75, 3.05) is 0 Å². The number of aryl methyl sites for hydroxylation is 1. The van der Waals surface area contributed by atoms with Crippen molar-refractivity contribution < 1.29 is 0 Å². The van der Waals surface area contributed by atoms with Crippen LogP contribution in [0.2, 0.25) is 5.15 Å². The van der Waals surface area contributed by atoms with E-state index in [-0.39, 0.29) is 0 Å². The van der Waals surface area contributed by atoms with Gasteiger partial charge < -0.3 is 0 Å². The van der Waals surface area contributed by atoms with Gasteiger partial charge in [0, 0.05) is 16.6 Å². The average Bonchev–Trinajstić information content (AvgIpc) is 2.62. The Kier molecular flexibility index (Phi) is 2.34. The molecule has 0 spiro atoms. The van der Waals surface area contributed by atoms with Gasteiger partial charge >= 0.3 is 0 Å². The zero-order valence-corrected chi connectivity index (χ0v) is 8.69. The van der Waals surface area contributed by atoms with Crippen molar-refractivity contribution >= 4 is 22.9 Å². The largest absolute Gasteiger partial charge is 0.244 e. The molecule has 0 aliphatic carbocycles. The third-order valence-electron chi connectivity index (χ3n) is 1.82. The molecule has 0 unspecified atom stereocenters. The van der Waals surface area contributed by atoms with Crippen molar-refractivity contribution in [3.63, 3.8) is 0 Å². The molecular weight excluding hydrogens is 202 g/mol. The molecule has 2 aromatic heterocycles. The van der Waals surface area contributed by atoms with Crippen LogP contribution in [0.5, 0.6) is 0 Å². The molecule has 66 valence electrons. The van der Waals surface area contributed by atoms with E-state index in [4.69, 9.17) is 11.6 Å². The van der Waals surface area contributed by atoms with Gasteiger partial charge in [-0.1, -0.05) is 17.7 Å². The Bertz CT molecular complexity index is 409. The highest BCUT2D eigenvalue weighted by Crippen LogP contribution is 2.26. The number of halogens is 1. The molecule has 13 heavy (non-hydrogen) atoms. The number of rotatable bonds is 1. The number of hydrogen-bond donors (Lipinski definition) is 0. The fourth-order valence-electron chi connectivity index (χ4n) is 1.14. The molecule has 0 aliphatic heterocycles. The number of hydrogen-bond acceptors (Lipinski definition) is 2. The minimum Gasteiger partial charge on any atom is -0.244 e. The molecule has 2 heterocycles. The molecule has 0 N–H and O–H groups in total. The second-order valence-corrected chi connectivity index (χ2v) is 4.11. The van der Waals surface area contributed by atoms with Crippen LogP contribution < -0.4 is 0 Å². The zero-order chi connectivity index (χ0) is 9.26. The summed E-state index contributed by atoms with van der Waals surface area (Å²) < 4.78 is 0. The predicted octanol–water partition coefficient (Wildman–Crippen LogP) is 3.77. The minimum atomic E-state index is 0.584. The number of pyridine rings is 1. The van der Waals surface area contributed by atoms with E-state index >= 15 is 0 Å². The van der Waals surface area contributed by atoms with E-state index < -0.39 is 0 Å². The zero-order valence-electron chi connectivity index (χ0n) is 7.12.